The number of aryl methyl sites for hydroxylation is 1. The number of nitrogens with one attached hydrogen (secondary N) is 3. The van der Waals surface area contributed by atoms with E-state index in [9.17, 15) is 4.79 Å². The summed E-state index contributed by atoms with van der Waals surface area (Å²) in [6.07, 6.45) is 10.7. The molecular weight excluding hydrogens is 422 g/mol. The number of carbonyl (C=O) groups is 1. The molecule has 1 saturated heterocycles. The summed E-state index contributed by atoms with van der Waals surface area (Å²) in [5.74, 6) is 2.53. The van der Waals surface area contributed by atoms with Crippen LogP contribution in [0.15, 0.2) is 16.9 Å². The lowest BCUT2D eigenvalue weighted by Gasteiger charge is -2.24. The zero-order valence-electron chi connectivity index (χ0n) is 18.4. The standard InChI is InChI=1S/C22H27N9O2/c32-20(27-22-30-23-12-33-22)17-9-4-10-31(17)21-24-15-8-3-7-14(15)19(26-21)25-18-11-16(28-29-18)13-5-1-2-6-13/h11-13,17H,1-10H2,(H,27,30,32)(H2,24,25,26,28,29)/t17-/m0/s1. The minimum atomic E-state index is -0.386. The van der Waals surface area contributed by atoms with E-state index in [0.29, 0.717) is 24.8 Å². The minimum absolute atomic E-state index is 0.0978. The number of fused-ring (bicyclic) bond motifs is 1. The van der Waals surface area contributed by atoms with Crippen molar-refractivity contribution < 1.29 is 9.21 Å². The fourth-order valence-corrected chi connectivity index (χ4v) is 5.31. The van der Waals surface area contributed by atoms with Crippen LogP contribution in [0.2, 0.25) is 0 Å². The molecule has 3 N–H and O–H groups in total. The number of nitrogens with zero attached hydrogens (tertiary/aromatic N) is 6. The van der Waals surface area contributed by atoms with Crippen molar-refractivity contribution in [3.8, 4) is 0 Å². The fourth-order valence-electron chi connectivity index (χ4n) is 5.31. The Morgan fingerprint density at radius 3 is 2.88 bits per heavy atom. The van der Waals surface area contributed by atoms with E-state index in [2.05, 4.69) is 37.1 Å². The Labute approximate surface area is 190 Å². The van der Waals surface area contributed by atoms with Crippen LogP contribution in [-0.2, 0) is 17.6 Å². The van der Waals surface area contributed by atoms with E-state index in [4.69, 9.17) is 14.4 Å². The van der Waals surface area contributed by atoms with E-state index >= 15 is 0 Å². The van der Waals surface area contributed by atoms with E-state index < -0.39 is 0 Å². The maximum absolute atomic E-state index is 12.9. The average molecular weight is 450 g/mol. The first-order chi connectivity index (χ1) is 16.2. The highest BCUT2D eigenvalue weighted by molar-refractivity contribution is 5.95. The normalized spacial score (nSPS) is 20.4. The van der Waals surface area contributed by atoms with Gasteiger partial charge in [0.05, 0.1) is 5.69 Å². The Hall–Kier alpha value is -3.50. The summed E-state index contributed by atoms with van der Waals surface area (Å²) in [5, 5.41) is 21.2. The first-order valence-electron chi connectivity index (χ1n) is 11.8. The molecule has 3 aromatic rings. The molecule has 0 spiro atoms. The number of hydrogen-bond donors (Lipinski definition) is 3. The lowest BCUT2D eigenvalue weighted by Crippen LogP contribution is -2.40. The fraction of sp³-hybridized carbons (Fsp3) is 0.545. The molecule has 0 radical (unpaired) electrons. The molecule has 33 heavy (non-hydrogen) atoms. The van der Waals surface area contributed by atoms with Gasteiger partial charge in [-0.25, -0.2) is 4.98 Å². The lowest BCUT2D eigenvalue weighted by molar-refractivity contribution is -0.117. The number of rotatable bonds is 6. The third kappa shape index (κ3) is 3.91. The van der Waals surface area contributed by atoms with Crippen LogP contribution in [0.3, 0.4) is 0 Å². The van der Waals surface area contributed by atoms with Gasteiger partial charge in [0.1, 0.15) is 11.9 Å². The van der Waals surface area contributed by atoms with Crippen molar-refractivity contribution in [3.05, 3.63) is 29.4 Å². The van der Waals surface area contributed by atoms with Gasteiger partial charge in [0.2, 0.25) is 12.3 Å². The Morgan fingerprint density at radius 1 is 1.12 bits per heavy atom. The first-order valence-corrected chi connectivity index (χ1v) is 11.8. The van der Waals surface area contributed by atoms with Gasteiger partial charge in [-0.1, -0.05) is 17.9 Å². The molecule has 0 unspecified atom stereocenters. The maximum atomic E-state index is 12.9. The molecule has 172 valence electrons. The molecule has 1 aliphatic heterocycles. The molecule has 3 aromatic heterocycles. The predicted molar refractivity (Wildman–Crippen MR) is 120 cm³/mol. The van der Waals surface area contributed by atoms with Gasteiger partial charge in [0.25, 0.3) is 5.91 Å². The highest BCUT2D eigenvalue weighted by Crippen LogP contribution is 2.35. The van der Waals surface area contributed by atoms with Crippen molar-refractivity contribution in [1.82, 2.24) is 30.4 Å². The zero-order valence-corrected chi connectivity index (χ0v) is 18.4. The van der Waals surface area contributed by atoms with E-state index in [1.54, 1.807) is 0 Å². The number of aromatic amines is 1. The summed E-state index contributed by atoms with van der Waals surface area (Å²) in [7, 11) is 0. The monoisotopic (exact) mass is 449 g/mol. The van der Waals surface area contributed by atoms with Gasteiger partial charge in [-0.3, -0.25) is 15.2 Å². The number of hydrogen-bond acceptors (Lipinski definition) is 9. The molecule has 1 saturated carbocycles. The molecule has 0 bridgehead atoms. The molecule has 1 amide bonds. The summed E-state index contributed by atoms with van der Waals surface area (Å²) in [4.78, 5) is 24.6. The average Bonchev–Trinajstić information content (AvgIpc) is 3.64. The molecule has 3 aliphatic rings. The molecule has 2 fully saturated rings. The van der Waals surface area contributed by atoms with Gasteiger partial charge in [-0.15, -0.1) is 5.10 Å². The van der Waals surface area contributed by atoms with Crippen molar-refractivity contribution in [3.63, 3.8) is 0 Å². The lowest BCUT2D eigenvalue weighted by atomic mass is 10.0. The number of aromatic nitrogens is 6. The van der Waals surface area contributed by atoms with Gasteiger partial charge in [-0.2, -0.15) is 10.1 Å². The van der Waals surface area contributed by atoms with Crippen LogP contribution in [0.5, 0.6) is 0 Å². The maximum Gasteiger partial charge on any atom is 0.322 e. The van der Waals surface area contributed by atoms with Crippen LogP contribution in [0, 0.1) is 0 Å². The molecule has 0 aromatic carbocycles. The predicted octanol–water partition coefficient (Wildman–Crippen LogP) is 3.08. The van der Waals surface area contributed by atoms with E-state index in [1.807, 2.05) is 4.90 Å². The summed E-state index contributed by atoms with van der Waals surface area (Å²) in [5.41, 5.74) is 3.39. The quantitative estimate of drug-likeness (QED) is 0.518. The van der Waals surface area contributed by atoms with E-state index in [0.717, 1.165) is 48.6 Å². The molecule has 11 heteroatoms. The summed E-state index contributed by atoms with van der Waals surface area (Å²) in [6.45, 7) is 0.717. The molecular formula is C22H27N9O2. The third-order valence-electron chi connectivity index (χ3n) is 6.96. The molecule has 2 aliphatic carbocycles. The topological polar surface area (TPSA) is 138 Å². The molecule has 4 heterocycles. The summed E-state index contributed by atoms with van der Waals surface area (Å²) in [6, 6.07) is 1.82. The Morgan fingerprint density at radius 2 is 2.03 bits per heavy atom. The third-order valence-corrected chi connectivity index (χ3v) is 6.96. The van der Waals surface area contributed by atoms with Crippen LogP contribution in [0.4, 0.5) is 23.6 Å². The van der Waals surface area contributed by atoms with Crippen molar-refractivity contribution >= 4 is 29.5 Å². The van der Waals surface area contributed by atoms with Crippen LogP contribution in [0.1, 0.15) is 67.8 Å². The molecule has 11 nitrogen and oxygen atoms in total. The largest absolute Gasteiger partial charge is 0.411 e. The van der Waals surface area contributed by atoms with Crippen molar-refractivity contribution in [1.29, 1.82) is 0 Å². The van der Waals surface area contributed by atoms with Crippen LogP contribution in [0.25, 0.3) is 0 Å². The molecule has 1 atom stereocenters. The van der Waals surface area contributed by atoms with Gasteiger partial charge >= 0.3 is 6.01 Å². The number of amides is 1. The Bertz CT molecular complexity index is 1140. The summed E-state index contributed by atoms with van der Waals surface area (Å²) >= 11 is 0. The smallest absolute Gasteiger partial charge is 0.322 e. The van der Waals surface area contributed by atoms with E-state index in [-0.39, 0.29) is 18.0 Å². The highest BCUT2D eigenvalue weighted by Gasteiger charge is 2.34. The second-order valence-electron chi connectivity index (χ2n) is 9.05. The van der Waals surface area contributed by atoms with Crippen molar-refractivity contribution in [2.24, 2.45) is 0 Å². The van der Waals surface area contributed by atoms with Crippen molar-refractivity contribution in [2.45, 2.75) is 69.7 Å². The highest BCUT2D eigenvalue weighted by atomic mass is 16.4. The number of H-pyrrole nitrogens is 1. The number of carbonyl (C=O) groups excluding carboxylic acids is 1. The van der Waals surface area contributed by atoms with Crippen molar-refractivity contribution in [2.75, 3.05) is 22.1 Å². The molecule has 6 rings (SSSR count). The first kappa shape index (κ1) is 20.1. The van der Waals surface area contributed by atoms with Gasteiger partial charge in [0, 0.05) is 29.8 Å². The van der Waals surface area contributed by atoms with Gasteiger partial charge in [-0.05, 0) is 44.9 Å². The SMILES string of the molecule is O=C(Nc1nnco1)[C@@H]1CCCN1c1nc2c(c(Nc3cc(C4CCCC4)[nH]n3)n1)CCC2. The second kappa shape index (κ2) is 8.45. The zero-order chi connectivity index (χ0) is 22.2. The Kier molecular flexibility index (Phi) is 5.16. The summed E-state index contributed by atoms with van der Waals surface area (Å²) < 4.78 is 5.07. The second-order valence-corrected chi connectivity index (χ2v) is 9.05. The minimum Gasteiger partial charge on any atom is -0.411 e. The Balaban J connectivity index is 1.25. The van der Waals surface area contributed by atoms with Crippen LogP contribution >= 0.6 is 0 Å². The van der Waals surface area contributed by atoms with E-state index in [1.165, 1.54) is 37.8 Å². The van der Waals surface area contributed by atoms with Gasteiger partial charge < -0.3 is 14.6 Å². The van der Waals surface area contributed by atoms with Gasteiger partial charge in [0.15, 0.2) is 5.82 Å². The number of anilines is 4. The van der Waals surface area contributed by atoms with Crippen LogP contribution < -0.4 is 15.5 Å². The van der Waals surface area contributed by atoms with Crippen LogP contribution in [-0.4, -0.2) is 48.9 Å².